The highest BCUT2D eigenvalue weighted by Crippen LogP contribution is 2.55. The van der Waals surface area contributed by atoms with Gasteiger partial charge in [-0.25, -0.2) is 0 Å². The first-order valence-electron chi connectivity index (χ1n) is 8.99. The summed E-state index contributed by atoms with van der Waals surface area (Å²) in [6.07, 6.45) is 0.742. The third-order valence-corrected chi connectivity index (χ3v) is 7.24. The predicted molar refractivity (Wildman–Crippen MR) is 103 cm³/mol. The molecule has 2 saturated heterocycles. The molecular formula is C21H19NO4S. The lowest BCUT2D eigenvalue weighted by Crippen LogP contribution is -2.56. The second-order valence-corrected chi connectivity index (χ2v) is 8.31. The fourth-order valence-corrected chi connectivity index (χ4v) is 6.27. The maximum Gasteiger partial charge on any atom is 0.192 e. The highest BCUT2D eigenvalue weighted by molar-refractivity contribution is 7.99. The molecule has 1 N–H and O–H groups in total. The summed E-state index contributed by atoms with van der Waals surface area (Å²) in [5.41, 5.74) is 0.727. The minimum absolute atomic E-state index is 0.0525. The molecule has 0 aromatic heterocycles. The smallest absolute Gasteiger partial charge is 0.192 e. The van der Waals surface area contributed by atoms with Crippen LogP contribution in [0.3, 0.4) is 0 Å². The van der Waals surface area contributed by atoms with Crippen molar-refractivity contribution in [3.63, 3.8) is 0 Å². The number of carbonyl (C=O) groups is 2. The van der Waals surface area contributed by atoms with E-state index in [1.165, 1.54) is 7.11 Å². The quantitative estimate of drug-likeness (QED) is 0.807. The molecule has 0 amide bonds. The van der Waals surface area contributed by atoms with E-state index in [0.29, 0.717) is 22.8 Å². The van der Waals surface area contributed by atoms with Gasteiger partial charge in [-0.05, 0) is 24.1 Å². The number of nitrogens with zero attached hydrogens (tertiary/aromatic N) is 1. The Hall–Kier alpha value is -2.31. The van der Waals surface area contributed by atoms with Crippen molar-refractivity contribution in [3.8, 4) is 11.5 Å². The van der Waals surface area contributed by atoms with Crippen molar-refractivity contribution >= 4 is 23.3 Å². The van der Waals surface area contributed by atoms with Crippen molar-refractivity contribution in [2.75, 3.05) is 18.7 Å². The van der Waals surface area contributed by atoms with Crippen LogP contribution in [0.25, 0.3) is 0 Å². The molecule has 2 aromatic carbocycles. The lowest BCUT2D eigenvalue weighted by molar-refractivity contribution is 0.0571. The molecule has 1 aliphatic carbocycles. The zero-order valence-corrected chi connectivity index (χ0v) is 15.7. The molecule has 1 spiro atoms. The normalized spacial score (nSPS) is 25.8. The molecule has 2 fully saturated rings. The average molecular weight is 381 g/mol. The zero-order chi connectivity index (χ0) is 18.8. The van der Waals surface area contributed by atoms with E-state index in [-0.39, 0.29) is 29.3 Å². The number of thioether (sulfide) groups is 1. The maximum atomic E-state index is 13.6. The molecule has 2 aliphatic heterocycles. The first-order valence-corrected chi connectivity index (χ1v) is 10.1. The summed E-state index contributed by atoms with van der Waals surface area (Å²) in [7, 11) is 1.50. The average Bonchev–Trinajstić information content (AvgIpc) is 3.33. The first kappa shape index (κ1) is 16.8. The van der Waals surface area contributed by atoms with Gasteiger partial charge in [0.05, 0.1) is 7.11 Å². The van der Waals surface area contributed by atoms with Crippen LogP contribution in [0, 0.1) is 0 Å². The molecule has 3 aliphatic rings. The molecule has 6 heteroatoms. The SMILES string of the molecule is COc1cc(C2CC3CSCN3C23C(=O)c2ccccc2C3=O)ccc1O. The van der Waals surface area contributed by atoms with E-state index < -0.39 is 5.54 Å². The standard InChI is InChI=1S/C21H19NO4S/c1-26-18-8-12(6-7-17(18)23)16-9-13-10-27-11-22(13)21(16)19(24)14-4-2-3-5-15(14)20(21)25/h2-8,13,16,23H,9-11H2,1H3. The molecule has 0 bridgehead atoms. The molecule has 0 saturated carbocycles. The van der Waals surface area contributed by atoms with E-state index in [1.807, 2.05) is 18.2 Å². The van der Waals surface area contributed by atoms with E-state index in [1.54, 1.807) is 36.0 Å². The van der Waals surface area contributed by atoms with Crippen molar-refractivity contribution in [2.45, 2.75) is 23.9 Å². The van der Waals surface area contributed by atoms with Crippen LogP contribution in [0.15, 0.2) is 42.5 Å². The number of carbonyl (C=O) groups excluding carboxylic acids is 2. The van der Waals surface area contributed by atoms with Crippen LogP contribution in [-0.2, 0) is 0 Å². The van der Waals surface area contributed by atoms with Crippen LogP contribution in [0.5, 0.6) is 11.5 Å². The van der Waals surface area contributed by atoms with E-state index >= 15 is 0 Å². The van der Waals surface area contributed by atoms with Gasteiger partial charge < -0.3 is 9.84 Å². The second-order valence-electron chi connectivity index (χ2n) is 7.31. The third-order valence-electron chi connectivity index (χ3n) is 6.16. The van der Waals surface area contributed by atoms with Gasteiger partial charge in [-0.2, -0.15) is 0 Å². The molecule has 2 atom stereocenters. The molecule has 0 radical (unpaired) electrons. The summed E-state index contributed by atoms with van der Waals surface area (Å²) in [5.74, 6) is 1.57. The van der Waals surface area contributed by atoms with Crippen molar-refractivity contribution < 1.29 is 19.4 Å². The number of fused-ring (bicyclic) bond motifs is 3. The van der Waals surface area contributed by atoms with E-state index in [2.05, 4.69) is 4.90 Å². The highest BCUT2D eigenvalue weighted by atomic mass is 32.2. The van der Waals surface area contributed by atoms with Gasteiger partial charge in [-0.3, -0.25) is 14.5 Å². The van der Waals surface area contributed by atoms with Crippen molar-refractivity contribution in [3.05, 3.63) is 59.2 Å². The summed E-state index contributed by atoms with van der Waals surface area (Å²) in [5, 5.41) is 9.97. The lowest BCUT2D eigenvalue weighted by atomic mass is 9.76. The second kappa shape index (κ2) is 5.84. The maximum absolute atomic E-state index is 13.6. The number of rotatable bonds is 2. The number of ketones is 2. The first-order chi connectivity index (χ1) is 13.1. The predicted octanol–water partition coefficient (Wildman–Crippen LogP) is 3.08. The molecule has 2 heterocycles. The van der Waals surface area contributed by atoms with E-state index in [4.69, 9.17) is 4.74 Å². The van der Waals surface area contributed by atoms with E-state index in [0.717, 1.165) is 17.7 Å². The molecule has 138 valence electrons. The van der Waals surface area contributed by atoms with Crippen LogP contribution < -0.4 is 4.74 Å². The minimum Gasteiger partial charge on any atom is -0.504 e. The van der Waals surface area contributed by atoms with Crippen LogP contribution in [0.4, 0.5) is 0 Å². The van der Waals surface area contributed by atoms with Crippen LogP contribution in [0.2, 0.25) is 0 Å². The summed E-state index contributed by atoms with van der Waals surface area (Å²) >= 11 is 1.77. The Morgan fingerprint density at radius 1 is 1.15 bits per heavy atom. The Kier molecular flexibility index (Phi) is 3.64. The van der Waals surface area contributed by atoms with Gasteiger partial charge in [0.2, 0.25) is 0 Å². The largest absolute Gasteiger partial charge is 0.504 e. The summed E-state index contributed by atoms with van der Waals surface area (Å²) in [4.78, 5) is 29.4. The number of Topliss-reactive ketones (excluding diaryl/α,β-unsaturated/α-hetero) is 2. The zero-order valence-electron chi connectivity index (χ0n) is 14.8. The van der Waals surface area contributed by atoms with E-state index in [9.17, 15) is 14.7 Å². The molecule has 5 rings (SSSR count). The number of ether oxygens (including phenoxy) is 1. The van der Waals surface area contributed by atoms with Crippen LogP contribution >= 0.6 is 11.8 Å². The number of benzene rings is 2. The number of hydrogen-bond acceptors (Lipinski definition) is 6. The van der Waals surface area contributed by atoms with Gasteiger partial charge in [0, 0.05) is 34.7 Å². The number of aromatic hydroxyl groups is 1. The monoisotopic (exact) mass is 381 g/mol. The Morgan fingerprint density at radius 3 is 2.52 bits per heavy atom. The van der Waals surface area contributed by atoms with Gasteiger partial charge in [0.1, 0.15) is 0 Å². The van der Waals surface area contributed by atoms with Gasteiger partial charge in [0.15, 0.2) is 28.6 Å². The molecular weight excluding hydrogens is 362 g/mol. The Morgan fingerprint density at radius 2 is 1.85 bits per heavy atom. The molecule has 27 heavy (non-hydrogen) atoms. The number of phenols is 1. The fraction of sp³-hybridized carbons (Fsp3) is 0.333. The van der Waals surface area contributed by atoms with Gasteiger partial charge >= 0.3 is 0 Å². The highest BCUT2D eigenvalue weighted by Gasteiger charge is 2.67. The van der Waals surface area contributed by atoms with Crippen molar-refractivity contribution in [1.82, 2.24) is 4.90 Å². The summed E-state index contributed by atoms with van der Waals surface area (Å²) < 4.78 is 5.27. The summed E-state index contributed by atoms with van der Waals surface area (Å²) in [6, 6.07) is 12.5. The molecule has 2 aromatic rings. The summed E-state index contributed by atoms with van der Waals surface area (Å²) in [6.45, 7) is 0. The van der Waals surface area contributed by atoms with Gasteiger partial charge in [-0.15, -0.1) is 11.8 Å². The van der Waals surface area contributed by atoms with Crippen LogP contribution in [-0.4, -0.2) is 51.9 Å². The van der Waals surface area contributed by atoms with Gasteiger partial charge in [0.25, 0.3) is 0 Å². The van der Waals surface area contributed by atoms with Crippen molar-refractivity contribution in [1.29, 1.82) is 0 Å². The minimum atomic E-state index is -1.18. The number of phenolic OH excluding ortho intramolecular Hbond substituents is 1. The topological polar surface area (TPSA) is 66.8 Å². The number of hydrogen-bond donors (Lipinski definition) is 1. The fourth-order valence-electron chi connectivity index (χ4n) is 4.97. The Balaban J connectivity index is 1.71. The molecule has 2 unspecified atom stereocenters. The number of methoxy groups -OCH3 is 1. The van der Waals surface area contributed by atoms with Crippen LogP contribution in [0.1, 0.15) is 38.6 Å². The van der Waals surface area contributed by atoms with Gasteiger partial charge in [-0.1, -0.05) is 30.3 Å². The Labute approximate surface area is 161 Å². The third kappa shape index (κ3) is 2.05. The van der Waals surface area contributed by atoms with Crippen molar-refractivity contribution in [2.24, 2.45) is 0 Å². The lowest BCUT2D eigenvalue weighted by Gasteiger charge is -2.35. The Bertz CT molecular complexity index is 937. The molecule has 5 nitrogen and oxygen atoms in total.